The van der Waals surface area contributed by atoms with Gasteiger partial charge in [0.2, 0.25) is 5.91 Å². The minimum atomic E-state index is -0.421. The highest BCUT2D eigenvalue weighted by Crippen LogP contribution is 2.12. The fourth-order valence-electron chi connectivity index (χ4n) is 2.33. The summed E-state index contributed by atoms with van der Waals surface area (Å²) in [5.41, 5.74) is 0.580. The third kappa shape index (κ3) is 2.76. The third-order valence-corrected chi connectivity index (χ3v) is 3.45. The van der Waals surface area contributed by atoms with Crippen molar-refractivity contribution >= 4 is 17.8 Å². The van der Waals surface area contributed by atoms with Gasteiger partial charge in [-0.2, -0.15) is 5.01 Å². The van der Waals surface area contributed by atoms with Crippen molar-refractivity contribution in [1.29, 1.82) is 0 Å². The van der Waals surface area contributed by atoms with Crippen molar-refractivity contribution in [3.63, 3.8) is 0 Å². The molecule has 0 aromatic rings. The number of imide groups is 1. The van der Waals surface area contributed by atoms with Crippen molar-refractivity contribution in [2.24, 2.45) is 5.92 Å². The van der Waals surface area contributed by atoms with Crippen LogP contribution in [-0.4, -0.2) is 54.9 Å². The van der Waals surface area contributed by atoms with Gasteiger partial charge in [-0.3, -0.25) is 14.9 Å². The van der Waals surface area contributed by atoms with Crippen molar-refractivity contribution in [2.75, 3.05) is 27.2 Å². The number of quaternary nitrogens is 1. The maximum absolute atomic E-state index is 11.9. The Balaban J connectivity index is 2.10. The summed E-state index contributed by atoms with van der Waals surface area (Å²) in [7, 11) is 3.55. The standard InChI is InChI=1S/C12H18N4O3/c1-8-4-10(17)13-12(19)16(5-8)7-9-6-14(2)15(3)11(9)18/h6,8H,4-5,7H2,1-3H3,(H,13,17,19)/p+1. The maximum Gasteiger partial charge on any atom is 0.324 e. The van der Waals surface area contributed by atoms with E-state index in [9.17, 15) is 14.4 Å². The van der Waals surface area contributed by atoms with Crippen LogP contribution in [0.15, 0.2) is 11.8 Å². The van der Waals surface area contributed by atoms with E-state index >= 15 is 0 Å². The topological polar surface area (TPSA) is 74.2 Å². The van der Waals surface area contributed by atoms with E-state index in [2.05, 4.69) is 5.32 Å². The van der Waals surface area contributed by atoms with Crippen molar-refractivity contribution in [3.8, 4) is 0 Å². The first kappa shape index (κ1) is 13.5. The Hall–Kier alpha value is -1.89. The number of nitrogens with one attached hydrogen (secondary N) is 2. The van der Waals surface area contributed by atoms with Crippen LogP contribution >= 0.6 is 0 Å². The molecule has 0 aromatic heterocycles. The molecule has 1 saturated heterocycles. The average Bonchev–Trinajstić information content (AvgIpc) is 2.48. The van der Waals surface area contributed by atoms with Gasteiger partial charge in [0, 0.05) is 13.0 Å². The molecule has 0 spiro atoms. The number of nitrogens with zero attached hydrogens (tertiary/aromatic N) is 2. The van der Waals surface area contributed by atoms with Crippen molar-refractivity contribution in [2.45, 2.75) is 13.3 Å². The molecule has 0 aliphatic carbocycles. The lowest BCUT2D eigenvalue weighted by Crippen LogP contribution is -3.09. The number of amides is 4. The first-order valence-corrected chi connectivity index (χ1v) is 6.29. The Labute approximate surface area is 111 Å². The predicted octanol–water partition coefficient (Wildman–Crippen LogP) is -1.65. The molecule has 7 nitrogen and oxygen atoms in total. The lowest BCUT2D eigenvalue weighted by molar-refractivity contribution is -0.930. The molecule has 0 aromatic carbocycles. The molecule has 1 fully saturated rings. The Morgan fingerprint density at radius 1 is 1.42 bits per heavy atom. The van der Waals surface area contributed by atoms with Crippen LogP contribution in [-0.2, 0) is 9.59 Å². The molecule has 0 radical (unpaired) electrons. The van der Waals surface area contributed by atoms with Gasteiger partial charge in [0.15, 0.2) is 0 Å². The van der Waals surface area contributed by atoms with E-state index in [4.69, 9.17) is 0 Å². The molecule has 2 rings (SSSR count). The van der Waals surface area contributed by atoms with Gasteiger partial charge >= 0.3 is 11.9 Å². The second-order valence-electron chi connectivity index (χ2n) is 5.22. The third-order valence-electron chi connectivity index (χ3n) is 3.45. The molecule has 2 atom stereocenters. The number of likely N-dealkylation sites (N-methyl/N-ethyl adjacent to an activating group) is 1. The SMILES string of the molecule is CC1CC(=O)NC(=O)N(CC2=C[NH+](C)N(C)C2=O)C1. The molecule has 0 bridgehead atoms. The number of carbonyl (C=O) groups is 3. The Morgan fingerprint density at radius 2 is 2.11 bits per heavy atom. The van der Waals surface area contributed by atoms with Crippen LogP contribution in [0.2, 0.25) is 0 Å². The van der Waals surface area contributed by atoms with Crippen LogP contribution in [0.1, 0.15) is 13.3 Å². The van der Waals surface area contributed by atoms with Crippen LogP contribution in [0.4, 0.5) is 4.79 Å². The van der Waals surface area contributed by atoms with Crippen molar-refractivity contribution in [1.82, 2.24) is 15.2 Å². The molecule has 7 heteroatoms. The minimum Gasteiger partial charge on any atom is -0.319 e. The lowest BCUT2D eigenvalue weighted by Gasteiger charge is -2.21. The predicted molar refractivity (Wildman–Crippen MR) is 66.6 cm³/mol. The molecule has 2 unspecified atom stereocenters. The lowest BCUT2D eigenvalue weighted by atomic mass is 10.1. The summed E-state index contributed by atoms with van der Waals surface area (Å²) in [6.45, 7) is 2.63. The number of hydrogen-bond acceptors (Lipinski definition) is 3. The van der Waals surface area contributed by atoms with Crippen LogP contribution in [0.5, 0.6) is 0 Å². The number of carbonyl (C=O) groups excluding carboxylic acids is 3. The summed E-state index contributed by atoms with van der Waals surface area (Å²) in [5.74, 6) is -0.258. The second-order valence-corrected chi connectivity index (χ2v) is 5.22. The summed E-state index contributed by atoms with van der Waals surface area (Å²) in [6, 6.07) is -0.421. The maximum atomic E-state index is 11.9. The first-order valence-electron chi connectivity index (χ1n) is 6.29. The van der Waals surface area contributed by atoms with Crippen LogP contribution < -0.4 is 10.3 Å². The van der Waals surface area contributed by atoms with Gasteiger partial charge in [0.05, 0.1) is 26.2 Å². The van der Waals surface area contributed by atoms with Gasteiger partial charge in [0.25, 0.3) is 0 Å². The number of rotatable bonds is 2. The fourth-order valence-corrected chi connectivity index (χ4v) is 2.33. The van der Waals surface area contributed by atoms with Gasteiger partial charge < -0.3 is 4.90 Å². The van der Waals surface area contributed by atoms with E-state index in [0.29, 0.717) is 18.5 Å². The van der Waals surface area contributed by atoms with Gasteiger partial charge in [-0.1, -0.05) is 6.92 Å². The zero-order valence-electron chi connectivity index (χ0n) is 11.4. The molecule has 19 heavy (non-hydrogen) atoms. The summed E-state index contributed by atoms with van der Waals surface area (Å²) in [6.07, 6.45) is 2.12. The summed E-state index contributed by atoms with van der Waals surface area (Å²) < 4.78 is 0. The van der Waals surface area contributed by atoms with E-state index in [0.717, 1.165) is 5.01 Å². The van der Waals surface area contributed by atoms with E-state index < -0.39 is 6.03 Å². The van der Waals surface area contributed by atoms with Gasteiger partial charge in [0.1, 0.15) is 6.20 Å². The number of hydrogen-bond donors (Lipinski definition) is 2. The minimum absolute atomic E-state index is 0.0892. The highest BCUT2D eigenvalue weighted by molar-refractivity contribution is 5.97. The van der Waals surface area contributed by atoms with E-state index in [1.807, 2.05) is 14.0 Å². The van der Waals surface area contributed by atoms with Crippen LogP contribution in [0.25, 0.3) is 0 Å². The zero-order valence-corrected chi connectivity index (χ0v) is 11.4. The average molecular weight is 267 g/mol. The molecule has 2 N–H and O–H groups in total. The highest BCUT2D eigenvalue weighted by atomic mass is 16.2. The largest absolute Gasteiger partial charge is 0.324 e. The van der Waals surface area contributed by atoms with E-state index in [1.165, 1.54) is 4.90 Å². The molecule has 4 amide bonds. The molecule has 2 aliphatic rings. The van der Waals surface area contributed by atoms with Gasteiger partial charge in [-0.15, -0.1) is 0 Å². The first-order chi connectivity index (χ1) is 8.88. The molecule has 2 heterocycles. The molecule has 0 saturated carbocycles. The molecule has 2 aliphatic heterocycles. The van der Waals surface area contributed by atoms with E-state index in [-0.39, 0.29) is 24.3 Å². The van der Waals surface area contributed by atoms with E-state index in [1.54, 1.807) is 18.3 Å². The van der Waals surface area contributed by atoms with Crippen molar-refractivity contribution in [3.05, 3.63) is 11.8 Å². The van der Waals surface area contributed by atoms with Crippen molar-refractivity contribution < 1.29 is 19.4 Å². The zero-order chi connectivity index (χ0) is 14.2. The fraction of sp³-hybridized carbons (Fsp3) is 0.583. The Bertz CT molecular complexity index is 460. The van der Waals surface area contributed by atoms with Gasteiger partial charge in [-0.25, -0.2) is 9.80 Å². The second kappa shape index (κ2) is 5.00. The molecule has 104 valence electrons. The smallest absolute Gasteiger partial charge is 0.319 e. The number of urea groups is 1. The summed E-state index contributed by atoms with van der Waals surface area (Å²) in [4.78, 5) is 36.7. The molecular weight excluding hydrogens is 248 g/mol. The Morgan fingerprint density at radius 3 is 2.68 bits per heavy atom. The van der Waals surface area contributed by atoms with Gasteiger partial charge in [-0.05, 0) is 5.92 Å². The normalized spacial score (nSPS) is 28.4. The Kier molecular flexibility index (Phi) is 3.57. The monoisotopic (exact) mass is 267 g/mol. The molecular formula is C12H19N4O3+. The summed E-state index contributed by atoms with van der Waals surface area (Å²) in [5, 5.41) is 4.74. The van der Waals surface area contributed by atoms with Crippen LogP contribution in [0, 0.1) is 5.92 Å². The quantitative estimate of drug-likeness (QED) is 0.629. The summed E-state index contributed by atoms with van der Waals surface area (Å²) >= 11 is 0. The highest BCUT2D eigenvalue weighted by Gasteiger charge is 2.33. The van der Waals surface area contributed by atoms with Crippen LogP contribution in [0.3, 0.4) is 0 Å².